The van der Waals surface area contributed by atoms with Crippen molar-refractivity contribution in [2.75, 3.05) is 0 Å². The molecule has 0 unspecified atom stereocenters. The maximum absolute atomic E-state index is 11.8. The number of hydrogen-bond acceptors (Lipinski definition) is 6. The minimum atomic E-state index is -0.860. The number of hydrogen-bond donors (Lipinski definition) is 0. The van der Waals surface area contributed by atoms with Crippen molar-refractivity contribution in [2.45, 2.75) is 58.6 Å². The molecule has 2 aromatic heterocycles. The third kappa shape index (κ3) is 7.15. The summed E-state index contributed by atoms with van der Waals surface area (Å²) in [5.41, 5.74) is 10.7. The van der Waals surface area contributed by atoms with E-state index in [0.29, 0.717) is 12.2 Å². The summed E-state index contributed by atoms with van der Waals surface area (Å²) in [6.45, 7) is 5.92. The van der Waals surface area contributed by atoms with Gasteiger partial charge in [-0.25, -0.2) is 4.68 Å². The Morgan fingerprint density at radius 3 is 1.85 bits per heavy atom. The van der Waals surface area contributed by atoms with Crippen LogP contribution in [-0.2, 0) is 34.5 Å². The predicted octanol–water partition coefficient (Wildman–Crippen LogP) is 9.55. The first kappa shape index (κ1) is 35.2. The Kier molecular flexibility index (Phi) is 10.6. The Hall–Kier alpha value is -6.21. The minimum absolute atomic E-state index is 0.245. The number of aromatic nitrogens is 5. The highest BCUT2D eigenvalue weighted by atomic mass is 16.5. The van der Waals surface area contributed by atoms with Gasteiger partial charge in [0.2, 0.25) is 0 Å². The van der Waals surface area contributed by atoms with E-state index < -0.39 is 5.54 Å². The summed E-state index contributed by atoms with van der Waals surface area (Å²) in [5, 5.41) is 13.8. The lowest BCUT2D eigenvalue weighted by molar-refractivity contribution is -0.142. The van der Waals surface area contributed by atoms with Crippen LogP contribution in [0.1, 0.15) is 71.3 Å². The van der Waals surface area contributed by atoms with Crippen molar-refractivity contribution < 1.29 is 9.53 Å². The number of carbonyl (C=O) groups excluding carboxylic acids is 1. The average Bonchev–Trinajstić information content (AvgIpc) is 3.69. The van der Waals surface area contributed by atoms with Crippen LogP contribution in [0.15, 0.2) is 146 Å². The van der Waals surface area contributed by atoms with Gasteiger partial charge in [0.25, 0.3) is 0 Å². The topological polar surface area (TPSA) is 82.8 Å². The molecular weight excluding hydrogens is 655 g/mol. The van der Waals surface area contributed by atoms with Crippen LogP contribution in [-0.4, -0.2) is 31.2 Å². The van der Waals surface area contributed by atoms with Crippen LogP contribution in [0.3, 0.4) is 0 Å². The summed E-state index contributed by atoms with van der Waals surface area (Å²) in [5.74, 6) is 0.368. The highest BCUT2D eigenvalue weighted by Gasteiger charge is 2.42. The largest absolute Gasteiger partial charge is 0.461 e. The van der Waals surface area contributed by atoms with Crippen LogP contribution in [0.5, 0.6) is 0 Å². The fraction of sp³-hybridized carbons (Fsp3) is 0.196. The zero-order valence-electron chi connectivity index (χ0n) is 30.4. The lowest BCUT2D eigenvalue weighted by atomic mass is 9.77. The van der Waals surface area contributed by atoms with Crippen molar-refractivity contribution in [3.63, 3.8) is 0 Å². The van der Waals surface area contributed by atoms with Crippen LogP contribution in [0.25, 0.3) is 22.5 Å². The van der Waals surface area contributed by atoms with Gasteiger partial charge in [-0.3, -0.25) is 9.78 Å². The standard InChI is InChI=1S/C46H43N5O2/c1-4-5-25-44-42(43(32-53-34(3)52)33(2)31-47-44)30-35-26-28-36(29-27-35)40-23-15-16-24-41(40)45-48-49-50-51(45)46(37-17-9-6-10-18-37,38-19-11-7-12-20-38)39-21-13-8-14-22-39/h6-24,26-29,31H,4-5,25,30,32H2,1-3H3. The minimum Gasteiger partial charge on any atom is -0.461 e. The summed E-state index contributed by atoms with van der Waals surface area (Å²) in [4.78, 5) is 16.6. The number of ether oxygens (including phenoxy) is 1. The predicted molar refractivity (Wildman–Crippen MR) is 209 cm³/mol. The van der Waals surface area contributed by atoms with Gasteiger partial charge in [-0.15, -0.1) is 5.10 Å². The normalized spacial score (nSPS) is 11.4. The lowest BCUT2D eigenvalue weighted by Gasteiger charge is -2.36. The van der Waals surface area contributed by atoms with E-state index in [1.54, 1.807) is 0 Å². The second kappa shape index (κ2) is 16.0. The first-order valence-electron chi connectivity index (χ1n) is 18.2. The lowest BCUT2D eigenvalue weighted by Crippen LogP contribution is -2.39. The fourth-order valence-electron chi connectivity index (χ4n) is 7.31. The van der Waals surface area contributed by atoms with Crippen molar-refractivity contribution in [2.24, 2.45) is 0 Å². The molecule has 7 aromatic rings. The summed E-state index contributed by atoms with van der Waals surface area (Å²) < 4.78 is 7.48. The summed E-state index contributed by atoms with van der Waals surface area (Å²) in [6.07, 6.45) is 5.61. The van der Waals surface area contributed by atoms with E-state index in [2.05, 4.69) is 127 Å². The molecule has 0 radical (unpaired) electrons. The molecule has 0 aliphatic carbocycles. The highest BCUT2D eigenvalue weighted by molar-refractivity contribution is 5.81. The van der Waals surface area contributed by atoms with Gasteiger partial charge in [-0.1, -0.05) is 153 Å². The molecule has 0 spiro atoms. The molecule has 0 fully saturated rings. The third-order valence-electron chi connectivity index (χ3n) is 9.97. The van der Waals surface area contributed by atoms with Gasteiger partial charge >= 0.3 is 5.97 Å². The van der Waals surface area contributed by atoms with E-state index in [1.807, 2.05) is 42.1 Å². The molecule has 0 bridgehead atoms. The number of aryl methyl sites for hydroxylation is 2. The molecule has 0 atom stereocenters. The first-order valence-corrected chi connectivity index (χ1v) is 18.2. The number of tetrazole rings is 1. The van der Waals surface area contributed by atoms with Crippen molar-refractivity contribution in [3.8, 4) is 22.5 Å². The Morgan fingerprint density at radius 1 is 0.717 bits per heavy atom. The number of nitrogens with zero attached hydrogens (tertiary/aromatic N) is 5. The zero-order chi connectivity index (χ0) is 36.6. The van der Waals surface area contributed by atoms with Crippen LogP contribution in [0.4, 0.5) is 0 Å². The highest BCUT2D eigenvalue weighted by Crippen LogP contribution is 2.43. The van der Waals surface area contributed by atoms with Gasteiger partial charge in [0.05, 0.1) is 0 Å². The second-order valence-electron chi connectivity index (χ2n) is 13.4. The van der Waals surface area contributed by atoms with E-state index >= 15 is 0 Å². The van der Waals surface area contributed by atoms with Gasteiger partial charge in [0.15, 0.2) is 5.82 Å². The van der Waals surface area contributed by atoms with Crippen molar-refractivity contribution >= 4 is 5.97 Å². The summed E-state index contributed by atoms with van der Waals surface area (Å²) in [6, 6.07) is 48.4. The third-order valence-corrected chi connectivity index (χ3v) is 9.97. The molecular formula is C46H43N5O2. The number of pyridine rings is 1. The van der Waals surface area contributed by atoms with E-state index in [4.69, 9.17) is 20.0 Å². The van der Waals surface area contributed by atoms with Crippen LogP contribution in [0, 0.1) is 6.92 Å². The molecule has 0 aliphatic rings. The Labute approximate surface area is 311 Å². The quantitative estimate of drug-likeness (QED) is 0.0882. The summed E-state index contributed by atoms with van der Waals surface area (Å²) in [7, 11) is 0. The fourth-order valence-corrected chi connectivity index (χ4v) is 7.31. The van der Waals surface area contributed by atoms with Crippen molar-refractivity contribution in [1.29, 1.82) is 0 Å². The smallest absolute Gasteiger partial charge is 0.302 e. The average molecular weight is 698 g/mol. The monoisotopic (exact) mass is 697 g/mol. The van der Waals surface area contributed by atoms with E-state index in [0.717, 1.165) is 80.6 Å². The van der Waals surface area contributed by atoms with Crippen LogP contribution < -0.4 is 0 Å². The molecule has 7 rings (SSSR count). The van der Waals surface area contributed by atoms with Crippen LogP contribution >= 0.6 is 0 Å². The number of esters is 1. The molecule has 0 saturated heterocycles. The second-order valence-corrected chi connectivity index (χ2v) is 13.4. The van der Waals surface area contributed by atoms with Crippen molar-refractivity contribution in [1.82, 2.24) is 25.2 Å². The molecule has 0 saturated carbocycles. The molecule has 53 heavy (non-hydrogen) atoms. The van der Waals surface area contributed by atoms with Crippen molar-refractivity contribution in [3.05, 3.63) is 190 Å². The Morgan fingerprint density at radius 2 is 1.28 bits per heavy atom. The molecule has 7 heteroatoms. The molecule has 2 heterocycles. The maximum Gasteiger partial charge on any atom is 0.302 e. The Bertz CT molecular complexity index is 2190. The van der Waals surface area contributed by atoms with E-state index in [-0.39, 0.29) is 12.6 Å². The van der Waals surface area contributed by atoms with Gasteiger partial charge in [-0.2, -0.15) is 0 Å². The Balaban J connectivity index is 1.32. The SMILES string of the molecule is CCCCc1ncc(C)c(COC(C)=O)c1Cc1ccc(-c2ccccc2-c2nnnn2C(c2ccccc2)(c2ccccc2)c2ccccc2)cc1. The molecule has 0 N–H and O–H groups in total. The van der Waals surface area contributed by atoms with Gasteiger partial charge in [0.1, 0.15) is 12.1 Å². The first-order chi connectivity index (χ1) is 26.0. The molecule has 264 valence electrons. The molecule has 5 aromatic carbocycles. The van der Waals surface area contributed by atoms with E-state index in [9.17, 15) is 4.79 Å². The van der Waals surface area contributed by atoms with E-state index in [1.165, 1.54) is 6.92 Å². The zero-order valence-corrected chi connectivity index (χ0v) is 30.4. The number of carbonyl (C=O) groups is 1. The molecule has 7 nitrogen and oxygen atoms in total. The number of rotatable bonds is 13. The number of unbranched alkanes of at least 4 members (excludes halogenated alkanes) is 1. The van der Waals surface area contributed by atoms with Crippen LogP contribution in [0.2, 0.25) is 0 Å². The summed E-state index contributed by atoms with van der Waals surface area (Å²) >= 11 is 0. The van der Waals surface area contributed by atoms with Gasteiger partial charge < -0.3 is 4.74 Å². The molecule has 0 aliphatic heterocycles. The maximum atomic E-state index is 11.8. The molecule has 0 amide bonds. The van der Waals surface area contributed by atoms with Gasteiger partial charge in [0, 0.05) is 24.4 Å². The number of benzene rings is 5. The van der Waals surface area contributed by atoms with Gasteiger partial charge in [-0.05, 0) is 86.7 Å².